The van der Waals surface area contributed by atoms with Gasteiger partial charge < -0.3 is 10.6 Å². The summed E-state index contributed by atoms with van der Waals surface area (Å²) in [7, 11) is 0. The number of alkyl halides is 3. The molecule has 0 bridgehead atoms. The van der Waals surface area contributed by atoms with Crippen molar-refractivity contribution in [2.45, 2.75) is 25.7 Å². The minimum Gasteiger partial charge on any atom is -0.383 e. The van der Waals surface area contributed by atoms with Crippen molar-refractivity contribution in [2.75, 3.05) is 5.73 Å². The zero-order valence-corrected chi connectivity index (χ0v) is 19.9. The average Bonchev–Trinajstić information content (AvgIpc) is 2.82. The first kappa shape index (κ1) is 23.8. The molecule has 0 aliphatic carbocycles. The summed E-state index contributed by atoms with van der Waals surface area (Å²) in [4.78, 5) is 31.8. The quantitative estimate of drug-likeness (QED) is 0.334. The number of rotatable bonds is 5. The van der Waals surface area contributed by atoms with Gasteiger partial charge in [-0.05, 0) is 72.0 Å². The van der Waals surface area contributed by atoms with Gasteiger partial charge in [0, 0.05) is 29.5 Å². The number of benzene rings is 1. The third kappa shape index (κ3) is 5.08. The number of hydrogen-bond acceptors (Lipinski definition) is 6. The van der Waals surface area contributed by atoms with Gasteiger partial charge in [0.15, 0.2) is 0 Å². The van der Waals surface area contributed by atoms with Crippen LogP contribution in [0.4, 0.5) is 19.0 Å². The Morgan fingerprint density at radius 1 is 1.12 bits per heavy atom. The molecule has 0 spiro atoms. The highest BCUT2D eigenvalue weighted by atomic mass is 127. The molecule has 0 radical (unpaired) electrons. The largest absolute Gasteiger partial charge is 0.417 e. The van der Waals surface area contributed by atoms with E-state index in [1.807, 2.05) is 6.07 Å². The Balaban J connectivity index is 1.70. The van der Waals surface area contributed by atoms with E-state index in [0.29, 0.717) is 28.4 Å². The Morgan fingerprint density at radius 2 is 1.85 bits per heavy atom. The molecule has 11 heteroatoms. The van der Waals surface area contributed by atoms with Crippen LogP contribution in [0.2, 0.25) is 0 Å². The highest BCUT2D eigenvalue weighted by Crippen LogP contribution is 2.29. The van der Waals surface area contributed by atoms with E-state index in [9.17, 15) is 18.0 Å². The molecule has 7 nitrogen and oxygen atoms in total. The lowest BCUT2D eigenvalue weighted by molar-refractivity contribution is -0.137. The van der Waals surface area contributed by atoms with E-state index >= 15 is 0 Å². The summed E-state index contributed by atoms with van der Waals surface area (Å²) >= 11 is 2.07. The number of carbonyl (C=O) groups excluding carboxylic acids is 1. The van der Waals surface area contributed by atoms with Crippen LogP contribution in [0, 0.1) is 3.57 Å². The summed E-state index contributed by atoms with van der Waals surface area (Å²) in [6, 6.07) is 10.2. The van der Waals surface area contributed by atoms with Gasteiger partial charge in [-0.25, -0.2) is 15.0 Å². The number of anilines is 1. The molecule has 34 heavy (non-hydrogen) atoms. The van der Waals surface area contributed by atoms with Crippen molar-refractivity contribution >= 4 is 45.2 Å². The molecule has 0 aliphatic heterocycles. The number of nitrogens with zero attached hydrogens (tertiary/aromatic N) is 5. The molecule has 4 aromatic rings. The summed E-state index contributed by atoms with van der Waals surface area (Å²) in [6.45, 7) is 1.72. The topological polar surface area (TPSA) is 97.9 Å². The molecule has 3 heterocycles. The van der Waals surface area contributed by atoms with Crippen LogP contribution in [0.3, 0.4) is 0 Å². The molecule has 1 aromatic carbocycles. The van der Waals surface area contributed by atoms with Gasteiger partial charge in [-0.3, -0.25) is 9.78 Å². The molecular weight excluding hydrogens is 560 g/mol. The Kier molecular flexibility index (Phi) is 6.64. The van der Waals surface area contributed by atoms with Gasteiger partial charge in [-0.15, -0.1) is 0 Å². The lowest BCUT2D eigenvalue weighted by atomic mass is 10.1. The van der Waals surface area contributed by atoms with Crippen molar-refractivity contribution < 1.29 is 18.0 Å². The second-order valence-corrected chi connectivity index (χ2v) is 8.68. The average molecular weight is 578 g/mol. The van der Waals surface area contributed by atoms with Gasteiger partial charge in [0.25, 0.3) is 5.91 Å². The normalized spacial score (nSPS) is 12.5. The van der Waals surface area contributed by atoms with Crippen LogP contribution in [-0.2, 0) is 12.7 Å². The first-order chi connectivity index (χ1) is 16.1. The molecule has 4 rings (SSSR count). The van der Waals surface area contributed by atoms with Gasteiger partial charge in [0.2, 0.25) is 0 Å². The van der Waals surface area contributed by atoms with Crippen molar-refractivity contribution in [3.05, 3.63) is 87.3 Å². The van der Waals surface area contributed by atoms with Crippen LogP contribution < -0.4 is 5.73 Å². The fourth-order valence-electron chi connectivity index (χ4n) is 3.38. The van der Waals surface area contributed by atoms with Crippen LogP contribution in [0.15, 0.2) is 61.1 Å². The maximum absolute atomic E-state index is 13.6. The minimum absolute atomic E-state index is 0.0358. The third-order valence-electron chi connectivity index (χ3n) is 5.21. The zero-order chi connectivity index (χ0) is 24.5. The highest BCUT2D eigenvalue weighted by Gasteiger charge is 2.31. The van der Waals surface area contributed by atoms with Gasteiger partial charge in [-0.2, -0.15) is 13.2 Å². The monoisotopic (exact) mass is 578 g/mol. The van der Waals surface area contributed by atoms with Crippen LogP contribution >= 0.6 is 22.6 Å². The Hall–Kier alpha value is -3.35. The molecule has 0 saturated carbocycles. The van der Waals surface area contributed by atoms with Crippen LogP contribution in [0.5, 0.6) is 0 Å². The molecule has 1 atom stereocenters. The Bertz CT molecular complexity index is 1330. The van der Waals surface area contributed by atoms with Crippen LogP contribution in [0.1, 0.15) is 40.4 Å². The van der Waals surface area contributed by atoms with Crippen molar-refractivity contribution in [2.24, 2.45) is 0 Å². The SMILES string of the molecule is CC(c1ncccn1)N(Cc1ccc(C(F)(F)F)cn1)C(=O)c1ccc2nc(N)c(I)cc2c1. The molecule has 1 amide bonds. The summed E-state index contributed by atoms with van der Waals surface area (Å²) in [5.74, 6) is 0.444. The lowest BCUT2D eigenvalue weighted by Crippen LogP contribution is -2.34. The molecular formula is C23H18F3IN6O. The second-order valence-electron chi connectivity index (χ2n) is 7.51. The Morgan fingerprint density at radius 3 is 2.50 bits per heavy atom. The molecule has 0 saturated heterocycles. The summed E-state index contributed by atoms with van der Waals surface area (Å²) in [5, 5.41) is 0.737. The molecule has 2 N–H and O–H groups in total. The number of amides is 1. The van der Waals surface area contributed by atoms with Gasteiger partial charge in [0.05, 0.1) is 32.9 Å². The molecule has 0 fully saturated rings. The summed E-state index contributed by atoms with van der Waals surface area (Å²) in [5.41, 5.74) is 6.34. The number of carbonyl (C=O) groups is 1. The van der Waals surface area contributed by atoms with Gasteiger partial charge in [-0.1, -0.05) is 0 Å². The number of nitrogens with two attached hydrogens (primary N) is 1. The van der Waals surface area contributed by atoms with Crippen LogP contribution in [0.25, 0.3) is 10.9 Å². The number of halogens is 4. The molecule has 174 valence electrons. The molecule has 3 aromatic heterocycles. The lowest BCUT2D eigenvalue weighted by Gasteiger charge is -2.28. The van der Waals surface area contributed by atoms with Gasteiger partial charge in [0.1, 0.15) is 11.6 Å². The fourth-order valence-corrected chi connectivity index (χ4v) is 3.83. The van der Waals surface area contributed by atoms with E-state index in [2.05, 4.69) is 42.5 Å². The number of nitrogen functional groups attached to an aromatic ring is 1. The minimum atomic E-state index is -4.49. The number of aromatic nitrogens is 4. The maximum Gasteiger partial charge on any atom is 0.417 e. The first-order valence-electron chi connectivity index (χ1n) is 10.1. The summed E-state index contributed by atoms with van der Waals surface area (Å²) in [6.07, 6.45) is -0.611. The number of fused-ring (bicyclic) bond motifs is 1. The molecule has 1 unspecified atom stereocenters. The smallest absolute Gasteiger partial charge is 0.383 e. The van der Waals surface area contributed by atoms with Gasteiger partial charge >= 0.3 is 6.18 Å². The standard InChI is InChI=1S/C23H18F3IN6O/c1-13(21-29-7-2-8-30-21)33(12-17-5-4-16(11-31-17)23(24,25)26)22(34)14-3-6-19-15(9-14)10-18(27)20(28)32-19/h2-11,13H,12H2,1H3,(H2,28,32). The van der Waals surface area contributed by atoms with E-state index in [0.717, 1.165) is 21.2 Å². The third-order valence-corrected chi connectivity index (χ3v) is 6.08. The fraction of sp³-hybridized carbons (Fsp3) is 0.174. The van der Waals surface area contributed by atoms with Crippen molar-refractivity contribution in [3.8, 4) is 0 Å². The molecule has 0 aliphatic rings. The first-order valence-corrected chi connectivity index (χ1v) is 11.2. The van der Waals surface area contributed by atoms with Crippen molar-refractivity contribution in [3.63, 3.8) is 0 Å². The number of hydrogen-bond donors (Lipinski definition) is 1. The van der Waals surface area contributed by atoms with Crippen LogP contribution in [-0.4, -0.2) is 30.7 Å². The predicted octanol–water partition coefficient (Wildman–Crippen LogP) is 5.03. The van der Waals surface area contributed by atoms with E-state index in [4.69, 9.17) is 5.73 Å². The Labute approximate surface area is 206 Å². The van der Waals surface area contributed by atoms with Crippen molar-refractivity contribution in [1.82, 2.24) is 24.8 Å². The van der Waals surface area contributed by atoms with E-state index in [-0.39, 0.29) is 12.5 Å². The van der Waals surface area contributed by atoms with E-state index < -0.39 is 17.8 Å². The highest BCUT2D eigenvalue weighted by molar-refractivity contribution is 14.1. The van der Waals surface area contributed by atoms with E-state index in [1.165, 1.54) is 11.0 Å². The second kappa shape index (κ2) is 9.49. The predicted molar refractivity (Wildman–Crippen MR) is 128 cm³/mol. The van der Waals surface area contributed by atoms with Crippen molar-refractivity contribution in [1.29, 1.82) is 0 Å². The van der Waals surface area contributed by atoms with E-state index in [1.54, 1.807) is 43.6 Å². The number of pyridine rings is 2. The maximum atomic E-state index is 13.6. The zero-order valence-electron chi connectivity index (χ0n) is 17.8. The summed E-state index contributed by atoms with van der Waals surface area (Å²) < 4.78 is 39.5.